The minimum Gasteiger partial charge on any atom is -0.493 e. The number of halogens is 1. The summed E-state index contributed by atoms with van der Waals surface area (Å²) in [6, 6.07) is 2.22. The molecule has 0 radical (unpaired) electrons. The second-order valence-corrected chi connectivity index (χ2v) is 5.84. The van der Waals surface area contributed by atoms with Crippen LogP contribution in [0.15, 0.2) is 12.3 Å². The highest BCUT2D eigenvalue weighted by Gasteiger charge is 2.27. The van der Waals surface area contributed by atoms with Crippen LogP contribution in [0.25, 0.3) is 0 Å². The highest BCUT2D eigenvalue weighted by Crippen LogP contribution is 2.32. The van der Waals surface area contributed by atoms with Gasteiger partial charge in [-0.2, -0.15) is 0 Å². The van der Waals surface area contributed by atoms with Gasteiger partial charge in [-0.25, -0.2) is 0 Å². The zero-order chi connectivity index (χ0) is 14.5. The fraction of sp³-hybridized carbons (Fsp3) is 0.667. The Kier molecular flexibility index (Phi) is 5.49. The lowest BCUT2D eigenvalue weighted by Crippen LogP contribution is -2.40. The first-order valence-corrected chi connectivity index (χ1v) is 7.51. The monoisotopic (exact) mass is 298 g/mol. The van der Waals surface area contributed by atoms with E-state index in [2.05, 4.69) is 16.9 Å². The van der Waals surface area contributed by atoms with E-state index in [1.54, 1.807) is 20.4 Å². The molecule has 1 aliphatic carbocycles. The predicted molar refractivity (Wildman–Crippen MR) is 80.7 cm³/mol. The van der Waals surface area contributed by atoms with Crippen LogP contribution in [0.3, 0.4) is 0 Å². The number of aromatic nitrogens is 1. The second-order valence-electron chi connectivity index (χ2n) is 5.28. The van der Waals surface area contributed by atoms with Gasteiger partial charge in [-0.1, -0.05) is 12.8 Å². The maximum Gasteiger partial charge on any atom is 0.183 e. The van der Waals surface area contributed by atoms with Crippen LogP contribution in [-0.2, 0) is 6.54 Å². The maximum atomic E-state index is 6.46. The molecule has 1 aromatic heterocycles. The third-order valence-corrected chi connectivity index (χ3v) is 4.49. The van der Waals surface area contributed by atoms with Crippen LogP contribution in [-0.4, -0.2) is 42.6 Å². The lowest BCUT2D eigenvalue weighted by atomic mass is 9.94. The number of hydrogen-bond acceptors (Lipinski definition) is 4. The largest absolute Gasteiger partial charge is 0.493 e. The van der Waals surface area contributed by atoms with Crippen molar-refractivity contribution in [2.45, 2.75) is 43.6 Å². The first-order chi connectivity index (χ1) is 9.67. The molecule has 1 fully saturated rings. The van der Waals surface area contributed by atoms with Crippen molar-refractivity contribution in [3.8, 4) is 11.5 Å². The van der Waals surface area contributed by atoms with Crippen LogP contribution in [0.4, 0.5) is 0 Å². The molecule has 1 saturated carbocycles. The van der Waals surface area contributed by atoms with E-state index in [1.165, 1.54) is 12.8 Å². The number of rotatable bonds is 5. The van der Waals surface area contributed by atoms with E-state index in [1.807, 2.05) is 6.07 Å². The number of ether oxygens (including phenoxy) is 2. The molecular formula is C15H23ClN2O2. The molecule has 0 spiro atoms. The lowest BCUT2D eigenvalue weighted by molar-refractivity contribution is 0.184. The number of pyridine rings is 1. The van der Waals surface area contributed by atoms with Gasteiger partial charge in [-0.05, 0) is 19.9 Å². The first-order valence-electron chi connectivity index (χ1n) is 7.07. The van der Waals surface area contributed by atoms with Gasteiger partial charge in [0.2, 0.25) is 0 Å². The van der Waals surface area contributed by atoms with Gasteiger partial charge in [0.1, 0.15) is 5.69 Å². The molecule has 1 aliphatic rings. The first kappa shape index (κ1) is 15.4. The molecule has 0 amide bonds. The highest BCUT2D eigenvalue weighted by atomic mass is 35.5. The van der Waals surface area contributed by atoms with Crippen LogP contribution in [0.1, 0.15) is 31.4 Å². The Morgan fingerprint density at radius 3 is 2.70 bits per heavy atom. The van der Waals surface area contributed by atoms with Gasteiger partial charge in [0.25, 0.3) is 0 Å². The van der Waals surface area contributed by atoms with Crippen LogP contribution in [0.2, 0.25) is 0 Å². The molecule has 0 bridgehead atoms. The molecule has 2 atom stereocenters. The molecule has 0 aromatic carbocycles. The predicted octanol–water partition coefficient (Wildman–Crippen LogP) is 3.08. The van der Waals surface area contributed by atoms with E-state index in [9.17, 15) is 0 Å². The Labute approximate surface area is 126 Å². The van der Waals surface area contributed by atoms with Gasteiger partial charge in [-0.3, -0.25) is 9.88 Å². The summed E-state index contributed by atoms with van der Waals surface area (Å²) in [6.45, 7) is 0.717. The third-order valence-electron chi connectivity index (χ3n) is 3.98. The normalized spacial score (nSPS) is 22.9. The molecule has 1 aromatic rings. The van der Waals surface area contributed by atoms with Crippen molar-refractivity contribution in [2.24, 2.45) is 0 Å². The van der Waals surface area contributed by atoms with E-state index in [4.69, 9.17) is 21.1 Å². The molecule has 20 heavy (non-hydrogen) atoms. The Balaban J connectivity index is 2.12. The zero-order valence-electron chi connectivity index (χ0n) is 12.4. The molecule has 0 N–H and O–H groups in total. The van der Waals surface area contributed by atoms with Crippen molar-refractivity contribution in [3.05, 3.63) is 18.0 Å². The number of nitrogens with zero attached hydrogens (tertiary/aromatic N) is 2. The van der Waals surface area contributed by atoms with Gasteiger partial charge < -0.3 is 9.47 Å². The average molecular weight is 299 g/mol. The minimum atomic E-state index is 0.227. The van der Waals surface area contributed by atoms with Crippen molar-refractivity contribution in [1.29, 1.82) is 0 Å². The fourth-order valence-electron chi connectivity index (χ4n) is 2.88. The number of hydrogen-bond donors (Lipinski definition) is 0. The SMILES string of the molecule is COc1ccnc(CN(C)C2CCCCC2Cl)c1OC. The van der Waals surface area contributed by atoms with Crippen molar-refractivity contribution >= 4 is 11.6 Å². The van der Waals surface area contributed by atoms with Gasteiger partial charge in [0.05, 0.1) is 14.2 Å². The fourth-order valence-corrected chi connectivity index (χ4v) is 3.35. The molecule has 1 heterocycles. The molecule has 0 aliphatic heterocycles. The topological polar surface area (TPSA) is 34.6 Å². The van der Waals surface area contributed by atoms with E-state index >= 15 is 0 Å². The van der Waals surface area contributed by atoms with Crippen LogP contribution in [0, 0.1) is 0 Å². The quantitative estimate of drug-likeness (QED) is 0.783. The van der Waals surface area contributed by atoms with E-state index in [-0.39, 0.29) is 5.38 Å². The summed E-state index contributed by atoms with van der Waals surface area (Å²) in [5.41, 5.74) is 0.892. The zero-order valence-corrected chi connectivity index (χ0v) is 13.2. The van der Waals surface area contributed by atoms with Gasteiger partial charge >= 0.3 is 0 Å². The van der Waals surface area contributed by atoms with Crippen molar-refractivity contribution < 1.29 is 9.47 Å². The Hall–Kier alpha value is -1.00. The Morgan fingerprint density at radius 1 is 1.30 bits per heavy atom. The van der Waals surface area contributed by atoms with E-state index < -0.39 is 0 Å². The maximum absolute atomic E-state index is 6.46. The Bertz CT molecular complexity index is 442. The van der Waals surface area contributed by atoms with Gasteiger partial charge in [0, 0.05) is 30.2 Å². The summed E-state index contributed by atoms with van der Waals surface area (Å²) < 4.78 is 10.8. The standard InChI is InChI=1S/C15H23ClN2O2/c1-18(13-7-5-4-6-11(13)16)10-12-15(20-3)14(19-2)8-9-17-12/h8-9,11,13H,4-7,10H2,1-3H3. The smallest absolute Gasteiger partial charge is 0.183 e. The molecule has 2 rings (SSSR count). The second kappa shape index (κ2) is 7.14. The molecule has 2 unspecified atom stereocenters. The summed E-state index contributed by atoms with van der Waals surface area (Å²) in [6.07, 6.45) is 6.49. The number of methoxy groups -OCH3 is 2. The van der Waals surface area contributed by atoms with Crippen LogP contribution < -0.4 is 9.47 Å². The molecular weight excluding hydrogens is 276 g/mol. The summed E-state index contributed by atoms with van der Waals surface area (Å²) >= 11 is 6.46. The number of alkyl halides is 1. The Morgan fingerprint density at radius 2 is 2.05 bits per heavy atom. The van der Waals surface area contributed by atoms with Crippen molar-refractivity contribution in [2.75, 3.05) is 21.3 Å². The molecule has 0 saturated heterocycles. The van der Waals surface area contributed by atoms with Crippen LogP contribution in [0.5, 0.6) is 11.5 Å². The summed E-state index contributed by atoms with van der Waals surface area (Å²) in [5.74, 6) is 1.43. The summed E-state index contributed by atoms with van der Waals surface area (Å²) in [7, 11) is 5.39. The highest BCUT2D eigenvalue weighted by molar-refractivity contribution is 6.21. The average Bonchev–Trinajstić information content (AvgIpc) is 2.47. The van der Waals surface area contributed by atoms with E-state index in [0.29, 0.717) is 18.3 Å². The summed E-state index contributed by atoms with van der Waals surface area (Å²) in [5, 5.41) is 0.227. The summed E-state index contributed by atoms with van der Waals surface area (Å²) in [4.78, 5) is 6.71. The third kappa shape index (κ3) is 3.36. The molecule has 4 nitrogen and oxygen atoms in total. The van der Waals surface area contributed by atoms with E-state index in [0.717, 1.165) is 24.3 Å². The lowest BCUT2D eigenvalue weighted by Gasteiger charge is -2.34. The van der Waals surface area contributed by atoms with Gasteiger partial charge in [-0.15, -0.1) is 11.6 Å². The minimum absolute atomic E-state index is 0.227. The molecule has 5 heteroatoms. The van der Waals surface area contributed by atoms with Crippen molar-refractivity contribution in [3.63, 3.8) is 0 Å². The van der Waals surface area contributed by atoms with Crippen molar-refractivity contribution in [1.82, 2.24) is 9.88 Å². The van der Waals surface area contributed by atoms with Gasteiger partial charge in [0.15, 0.2) is 11.5 Å². The molecule has 112 valence electrons. The van der Waals surface area contributed by atoms with Crippen LogP contribution >= 0.6 is 11.6 Å².